The van der Waals surface area contributed by atoms with E-state index in [0.717, 1.165) is 76.1 Å². The number of aryl methyl sites for hydroxylation is 1. The number of anilines is 2. The van der Waals surface area contributed by atoms with Gasteiger partial charge in [0.25, 0.3) is 0 Å². The fourth-order valence-corrected chi connectivity index (χ4v) is 4.75. The molecule has 0 radical (unpaired) electrons. The number of aliphatic imine (C=N–C) groups is 1. The molecule has 0 unspecified atom stereocenters. The average molecular weight is 501 g/mol. The summed E-state index contributed by atoms with van der Waals surface area (Å²) in [6.45, 7) is 11.4. The monoisotopic (exact) mass is 500 g/mol. The Hall–Kier alpha value is -3.30. The maximum atomic E-state index is 5.64. The van der Waals surface area contributed by atoms with Gasteiger partial charge in [0.2, 0.25) is 0 Å². The van der Waals surface area contributed by atoms with Crippen molar-refractivity contribution in [2.24, 2.45) is 10.1 Å². The van der Waals surface area contributed by atoms with Gasteiger partial charge in [0.15, 0.2) is 11.6 Å². The molecule has 2 aromatic heterocycles. The van der Waals surface area contributed by atoms with E-state index in [0.29, 0.717) is 18.3 Å². The number of nitrogens with zero attached hydrogens (tertiary/aromatic N) is 6. The number of nitrogens with two attached hydrogens (primary N) is 1. The standard InChI is InChI=1S/C27H32N8S/c1-5-16(3)35-17(4)25(29-13-18-7-11-20(36-28)12-8-18)33-22-14-30-26(34-27(22)35)23-21(6-2)31-15-32-24(23)19-9-10-19/h7-8,11-12,14-16,19H,4-6,9-10,13,28H2,1-3H3,(H,29,33)/t16-/m1/s1. The summed E-state index contributed by atoms with van der Waals surface area (Å²) < 4.78 is 0. The highest BCUT2D eigenvalue weighted by molar-refractivity contribution is 7.97. The summed E-state index contributed by atoms with van der Waals surface area (Å²) in [5.41, 5.74) is 5.78. The molecule has 8 nitrogen and oxygen atoms in total. The number of fused-ring (bicyclic) bond motifs is 1. The van der Waals surface area contributed by atoms with Gasteiger partial charge in [-0.05, 0) is 62.3 Å². The number of benzene rings is 1. The van der Waals surface area contributed by atoms with E-state index in [1.807, 2.05) is 30.5 Å². The molecule has 186 valence electrons. The maximum absolute atomic E-state index is 5.64. The van der Waals surface area contributed by atoms with Crippen LogP contribution in [-0.4, -0.2) is 31.8 Å². The molecule has 1 aliphatic carbocycles. The van der Waals surface area contributed by atoms with Crippen molar-refractivity contribution in [3.05, 3.63) is 66.0 Å². The fourth-order valence-electron chi connectivity index (χ4n) is 4.45. The highest BCUT2D eigenvalue weighted by Crippen LogP contribution is 2.44. The third kappa shape index (κ3) is 4.73. The molecule has 2 aliphatic rings. The van der Waals surface area contributed by atoms with Gasteiger partial charge in [-0.15, -0.1) is 0 Å². The second-order valence-corrected chi connectivity index (χ2v) is 9.97. The largest absolute Gasteiger partial charge is 0.334 e. The van der Waals surface area contributed by atoms with E-state index >= 15 is 0 Å². The smallest absolute Gasteiger partial charge is 0.165 e. The zero-order valence-electron chi connectivity index (χ0n) is 21.0. The number of hydrogen-bond donors (Lipinski definition) is 2. The molecule has 0 spiro atoms. The zero-order chi connectivity index (χ0) is 25.2. The first kappa shape index (κ1) is 24.4. The van der Waals surface area contributed by atoms with Gasteiger partial charge < -0.3 is 10.2 Å². The Balaban J connectivity index is 1.52. The van der Waals surface area contributed by atoms with Crippen molar-refractivity contribution in [3.8, 4) is 11.4 Å². The molecule has 1 atom stereocenters. The molecule has 9 heteroatoms. The second-order valence-electron chi connectivity index (χ2n) is 9.26. The number of amidine groups is 1. The third-order valence-electron chi connectivity index (χ3n) is 6.80. The van der Waals surface area contributed by atoms with E-state index in [-0.39, 0.29) is 6.04 Å². The van der Waals surface area contributed by atoms with Crippen LogP contribution in [0.1, 0.15) is 62.9 Å². The normalized spacial score (nSPS) is 17.2. The molecule has 3 N–H and O–H groups in total. The Bertz CT molecular complexity index is 1300. The Morgan fingerprint density at radius 2 is 1.97 bits per heavy atom. The molecular formula is C27H32N8S. The number of aromatic nitrogens is 4. The van der Waals surface area contributed by atoms with Crippen LogP contribution in [0.5, 0.6) is 0 Å². The van der Waals surface area contributed by atoms with Crippen LogP contribution in [-0.2, 0) is 13.0 Å². The summed E-state index contributed by atoms with van der Waals surface area (Å²) in [5, 5.41) is 9.08. The van der Waals surface area contributed by atoms with E-state index < -0.39 is 0 Å². The molecule has 1 saturated carbocycles. The van der Waals surface area contributed by atoms with Crippen LogP contribution in [0.25, 0.3) is 11.4 Å². The zero-order valence-corrected chi connectivity index (χ0v) is 21.8. The van der Waals surface area contributed by atoms with Crippen molar-refractivity contribution in [2.75, 3.05) is 10.2 Å². The summed E-state index contributed by atoms with van der Waals surface area (Å²) in [6, 6.07) is 8.30. The van der Waals surface area contributed by atoms with E-state index in [9.17, 15) is 0 Å². The molecule has 0 saturated heterocycles. The Labute approximate surface area is 216 Å². The Morgan fingerprint density at radius 3 is 2.64 bits per heavy atom. The maximum Gasteiger partial charge on any atom is 0.165 e. The lowest BCUT2D eigenvalue weighted by atomic mass is 10.1. The quantitative estimate of drug-likeness (QED) is 0.392. The molecular weight excluding hydrogens is 468 g/mol. The van der Waals surface area contributed by atoms with Crippen LogP contribution in [0.2, 0.25) is 0 Å². The van der Waals surface area contributed by atoms with Crippen LogP contribution in [0, 0.1) is 0 Å². The van der Waals surface area contributed by atoms with Gasteiger partial charge in [0, 0.05) is 16.9 Å². The van der Waals surface area contributed by atoms with Gasteiger partial charge in [-0.25, -0.2) is 19.9 Å². The summed E-state index contributed by atoms with van der Waals surface area (Å²) in [5.74, 6) is 2.69. The van der Waals surface area contributed by atoms with Crippen molar-refractivity contribution in [1.82, 2.24) is 19.9 Å². The van der Waals surface area contributed by atoms with Crippen LogP contribution in [0.3, 0.4) is 0 Å². The molecule has 1 fully saturated rings. The van der Waals surface area contributed by atoms with Crippen molar-refractivity contribution in [2.45, 2.75) is 69.9 Å². The SMILES string of the molecule is C=C1C(=NCc2ccc(SN)cc2)Nc2cnc(-c3c(CC)ncnc3C3CC3)nc2N1[C@H](C)CC. The van der Waals surface area contributed by atoms with E-state index in [2.05, 4.69) is 47.5 Å². The van der Waals surface area contributed by atoms with Crippen LogP contribution >= 0.6 is 11.9 Å². The molecule has 1 aliphatic heterocycles. The molecule has 5 rings (SSSR count). The molecule has 3 heterocycles. The van der Waals surface area contributed by atoms with Gasteiger partial charge in [-0.3, -0.25) is 10.1 Å². The summed E-state index contributed by atoms with van der Waals surface area (Å²) in [4.78, 5) is 27.1. The van der Waals surface area contributed by atoms with E-state index in [4.69, 9.17) is 20.1 Å². The molecule has 36 heavy (non-hydrogen) atoms. The molecule has 0 bridgehead atoms. The van der Waals surface area contributed by atoms with Crippen LogP contribution < -0.4 is 15.4 Å². The minimum absolute atomic E-state index is 0.188. The van der Waals surface area contributed by atoms with Gasteiger partial charge in [-0.2, -0.15) is 0 Å². The minimum Gasteiger partial charge on any atom is -0.334 e. The summed E-state index contributed by atoms with van der Waals surface area (Å²) in [6.07, 6.45) is 7.58. The Morgan fingerprint density at radius 1 is 1.19 bits per heavy atom. The first-order valence-corrected chi connectivity index (χ1v) is 13.4. The van der Waals surface area contributed by atoms with Gasteiger partial charge in [0.05, 0.1) is 35.4 Å². The predicted octanol–water partition coefficient (Wildman–Crippen LogP) is 5.48. The van der Waals surface area contributed by atoms with Gasteiger partial charge >= 0.3 is 0 Å². The fraction of sp³-hybridized carbons (Fsp3) is 0.370. The van der Waals surface area contributed by atoms with Crippen molar-refractivity contribution in [1.29, 1.82) is 0 Å². The average Bonchev–Trinajstić information content (AvgIpc) is 3.77. The number of rotatable bonds is 8. The topological polar surface area (TPSA) is 105 Å². The third-order valence-corrected chi connectivity index (χ3v) is 7.35. The van der Waals surface area contributed by atoms with Gasteiger partial charge in [-0.1, -0.05) is 32.6 Å². The highest BCUT2D eigenvalue weighted by atomic mass is 32.2. The van der Waals surface area contributed by atoms with Gasteiger partial charge in [0.1, 0.15) is 17.9 Å². The van der Waals surface area contributed by atoms with E-state index in [1.165, 1.54) is 11.9 Å². The first-order chi connectivity index (χ1) is 17.5. The van der Waals surface area contributed by atoms with Crippen molar-refractivity contribution < 1.29 is 0 Å². The minimum atomic E-state index is 0.188. The van der Waals surface area contributed by atoms with E-state index in [1.54, 1.807) is 6.33 Å². The lowest BCUT2D eigenvalue weighted by Crippen LogP contribution is -2.41. The molecule has 0 amide bonds. The molecule has 1 aromatic carbocycles. The molecule has 3 aromatic rings. The number of hydrogen-bond acceptors (Lipinski definition) is 8. The number of nitrogens with one attached hydrogen (secondary N) is 1. The summed E-state index contributed by atoms with van der Waals surface area (Å²) >= 11 is 1.24. The lowest BCUT2D eigenvalue weighted by Gasteiger charge is -2.37. The second kappa shape index (κ2) is 10.4. The Kier molecular flexibility index (Phi) is 7.02. The lowest BCUT2D eigenvalue weighted by molar-refractivity contribution is 0.666. The predicted molar refractivity (Wildman–Crippen MR) is 147 cm³/mol. The van der Waals surface area contributed by atoms with Crippen molar-refractivity contribution >= 4 is 29.3 Å². The van der Waals surface area contributed by atoms with Crippen LogP contribution in [0.4, 0.5) is 11.5 Å². The van der Waals surface area contributed by atoms with Crippen molar-refractivity contribution in [3.63, 3.8) is 0 Å². The summed E-state index contributed by atoms with van der Waals surface area (Å²) in [7, 11) is 0. The van der Waals surface area contributed by atoms with Crippen LogP contribution in [0.15, 0.2) is 59.0 Å². The highest BCUT2D eigenvalue weighted by Gasteiger charge is 2.33. The first-order valence-electron chi connectivity index (χ1n) is 12.5.